The minimum absolute atomic E-state index is 0.112. The first-order valence-corrected chi connectivity index (χ1v) is 12.2. The molecule has 1 fully saturated rings. The Morgan fingerprint density at radius 3 is 2.45 bits per heavy atom. The van der Waals surface area contributed by atoms with Crippen LogP contribution in [0.1, 0.15) is 5.56 Å². The highest BCUT2D eigenvalue weighted by Crippen LogP contribution is 2.40. The molecule has 0 spiro atoms. The third kappa shape index (κ3) is 4.33. The molecule has 0 atom stereocenters. The van der Waals surface area contributed by atoms with Crippen molar-refractivity contribution >= 4 is 33.6 Å². The lowest BCUT2D eigenvalue weighted by atomic mass is 10.2. The van der Waals surface area contributed by atoms with Crippen molar-refractivity contribution in [2.24, 2.45) is 0 Å². The van der Waals surface area contributed by atoms with E-state index in [1.54, 1.807) is 29.2 Å². The fourth-order valence-electron chi connectivity index (χ4n) is 3.84. The molecular formula is C22H21ClN2O7S. The van der Waals surface area contributed by atoms with Crippen LogP contribution in [0.3, 0.4) is 0 Å². The summed E-state index contributed by atoms with van der Waals surface area (Å²) in [6.07, 6.45) is 3.09. The molecule has 0 aliphatic carbocycles. The Morgan fingerprint density at radius 1 is 0.909 bits per heavy atom. The van der Waals surface area contributed by atoms with E-state index in [1.807, 2.05) is 0 Å². The number of fused-ring (bicyclic) bond motifs is 2. The van der Waals surface area contributed by atoms with E-state index in [-0.39, 0.29) is 43.8 Å². The quantitative estimate of drug-likeness (QED) is 0.605. The van der Waals surface area contributed by atoms with Gasteiger partial charge in [0.15, 0.2) is 23.0 Å². The third-order valence-electron chi connectivity index (χ3n) is 5.57. The van der Waals surface area contributed by atoms with Crippen LogP contribution in [-0.4, -0.2) is 69.7 Å². The highest BCUT2D eigenvalue weighted by Gasteiger charge is 2.30. The number of ether oxygens (including phenoxy) is 4. The van der Waals surface area contributed by atoms with E-state index in [0.717, 1.165) is 0 Å². The lowest BCUT2D eigenvalue weighted by Gasteiger charge is -2.33. The molecule has 2 aromatic carbocycles. The van der Waals surface area contributed by atoms with Crippen molar-refractivity contribution in [1.29, 1.82) is 0 Å². The Kier molecular flexibility index (Phi) is 5.81. The molecule has 11 heteroatoms. The molecule has 174 valence electrons. The average molecular weight is 493 g/mol. The normalized spacial score (nSPS) is 18.0. The van der Waals surface area contributed by atoms with Gasteiger partial charge in [0.25, 0.3) is 0 Å². The van der Waals surface area contributed by atoms with Gasteiger partial charge in [-0.25, -0.2) is 8.42 Å². The summed E-state index contributed by atoms with van der Waals surface area (Å²) in [6.45, 7) is 1.90. The lowest BCUT2D eigenvalue weighted by molar-refractivity contribution is -0.127. The first-order valence-electron chi connectivity index (χ1n) is 10.4. The van der Waals surface area contributed by atoms with Crippen LogP contribution in [0.2, 0.25) is 5.02 Å². The van der Waals surface area contributed by atoms with Gasteiger partial charge >= 0.3 is 0 Å². The second-order valence-electron chi connectivity index (χ2n) is 7.60. The summed E-state index contributed by atoms with van der Waals surface area (Å²) in [5.74, 6) is 1.78. The first-order chi connectivity index (χ1) is 15.9. The molecule has 33 heavy (non-hydrogen) atoms. The Labute approximate surface area is 196 Å². The molecular weight excluding hydrogens is 472 g/mol. The molecule has 2 aromatic rings. The van der Waals surface area contributed by atoms with E-state index in [4.69, 9.17) is 30.5 Å². The summed E-state index contributed by atoms with van der Waals surface area (Å²) in [5.41, 5.74) is 0.706. The van der Waals surface area contributed by atoms with Gasteiger partial charge in [0, 0.05) is 38.3 Å². The van der Waals surface area contributed by atoms with E-state index in [0.29, 0.717) is 46.8 Å². The van der Waals surface area contributed by atoms with E-state index >= 15 is 0 Å². The number of benzene rings is 2. The van der Waals surface area contributed by atoms with Crippen LogP contribution in [0.5, 0.6) is 23.0 Å². The van der Waals surface area contributed by atoms with E-state index in [2.05, 4.69) is 0 Å². The average Bonchev–Trinajstić information content (AvgIpc) is 3.32. The van der Waals surface area contributed by atoms with Gasteiger partial charge in [-0.2, -0.15) is 4.31 Å². The van der Waals surface area contributed by atoms with Crippen LogP contribution in [-0.2, 0) is 14.8 Å². The van der Waals surface area contributed by atoms with Gasteiger partial charge < -0.3 is 23.8 Å². The Morgan fingerprint density at radius 2 is 1.67 bits per heavy atom. The second kappa shape index (κ2) is 8.77. The number of sulfonamides is 1. The van der Waals surface area contributed by atoms with Crippen LogP contribution < -0.4 is 18.9 Å². The van der Waals surface area contributed by atoms with Gasteiger partial charge in [0.2, 0.25) is 22.7 Å². The summed E-state index contributed by atoms with van der Waals surface area (Å²) in [4.78, 5) is 14.4. The van der Waals surface area contributed by atoms with Crippen LogP contribution in [0, 0.1) is 0 Å². The molecule has 3 aliphatic heterocycles. The maximum atomic E-state index is 13.1. The largest absolute Gasteiger partial charge is 0.486 e. The molecule has 9 nitrogen and oxygen atoms in total. The Hall–Kier alpha value is -2.95. The summed E-state index contributed by atoms with van der Waals surface area (Å²) in [6, 6.07) is 8.04. The summed E-state index contributed by atoms with van der Waals surface area (Å²) in [7, 11) is -3.71. The fourth-order valence-corrected chi connectivity index (χ4v) is 5.55. The molecule has 0 unspecified atom stereocenters. The molecule has 0 radical (unpaired) electrons. The van der Waals surface area contributed by atoms with Crippen LogP contribution in [0.4, 0.5) is 0 Å². The number of halogens is 1. The van der Waals surface area contributed by atoms with Crippen molar-refractivity contribution in [2.75, 3.05) is 46.2 Å². The molecule has 1 amide bonds. The molecule has 0 N–H and O–H groups in total. The van der Waals surface area contributed by atoms with Gasteiger partial charge in [-0.05, 0) is 35.9 Å². The predicted octanol–water partition coefficient (Wildman–Crippen LogP) is 2.39. The molecule has 0 bridgehead atoms. The fraction of sp³-hybridized carbons (Fsp3) is 0.318. The number of hydrogen-bond acceptors (Lipinski definition) is 7. The maximum Gasteiger partial charge on any atom is 0.246 e. The zero-order chi connectivity index (χ0) is 23.0. The highest BCUT2D eigenvalue weighted by atomic mass is 35.5. The van der Waals surface area contributed by atoms with E-state index in [9.17, 15) is 13.2 Å². The van der Waals surface area contributed by atoms with Crippen LogP contribution in [0.15, 0.2) is 41.3 Å². The number of amides is 1. The van der Waals surface area contributed by atoms with E-state index in [1.165, 1.54) is 22.5 Å². The molecule has 1 saturated heterocycles. The highest BCUT2D eigenvalue weighted by molar-refractivity contribution is 7.89. The number of nitrogens with zero attached hydrogens (tertiary/aromatic N) is 2. The number of carbonyl (C=O) groups excluding carboxylic acids is 1. The van der Waals surface area contributed by atoms with Crippen molar-refractivity contribution in [2.45, 2.75) is 4.90 Å². The van der Waals surface area contributed by atoms with Gasteiger partial charge in [0.1, 0.15) is 13.2 Å². The number of rotatable bonds is 4. The Bertz CT molecular complexity index is 1220. The standard InChI is InChI=1S/C22H21ClN2O7S/c23-17-11-15(12-20-22(17)32-14-31-20)1-4-21(26)24-5-7-25(8-6-24)33(27,28)16-2-3-18-19(13-16)30-10-9-29-18/h1-4,11-13H,5-10,14H2. The zero-order valence-electron chi connectivity index (χ0n) is 17.5. The summed E-state index contributed by atoms with van der Waals surface area (Å²) < 4.78 is 49.1. The van der Waals surface area contributed by atoms with Crippen molar-refractivity contribution < 1.29 is 32.2 Å². The van der Waals surface area contributed by atoms with Crippen LogP contribution >= 0.6 is 11.6 Å². The van der Waals surface area contributed by atoms with E-state index < -0.39 is 10.0 Å². The van der Waals surface area contributed by atoms with Crippen molar-refractivity contribution in [3.05, 3.63) is 47.0 Å². The van der Waals surface area contributed by atoms with Gasteiger partial charge in [-0.15, -0.1) is 0 Å². The lowest BCUT2D eigenvalue weighted by Crippen LogP contribution is -2.50. The second-order valence-corrected chi connectivity index (χ2v) is 9.95. The number of hydrogen-bond donors (Lipinski definition) is 0. The van der Waals surface area contributed by atoms with Gasteiger partial charge in [-0.1, -0.05) is 11.6 Å². The molecule has 5 rings (SSSR count). The molecule has 0 saturated carbocycles. The first kappa shape index (κ1) is 21.9. The monoisotopic (exact) mass is 492 g/mol. The minimum Gasteiger partial charge on any atom is -0.486 e. The smallest absolute Gasteiger partial charge is 0.246 e. The topological polar surface area (TPSA) is 94.6 Å². The van der Waals surface area contributed by atoms with Crippen molar-refractivity contribution in [1.82, 2.24) is 9.21 Å². The van der Waals surface area contributed by atoms with Crippen molar-refractivity contribution in [3.63, 3.8) is 0 Å². The SMILES string of the molecule is O=C(C=Cc1cc(Cl)c2c(c1)OCO2)N1CCN(S(=O)(=O)c2ccc3c(c2)OCCO3)CC1. The molecule has 0 aromatic heterocycles. The number of piperazine rings is 1. The number of carbonyl (C=O) groups is 1. The molecule has 3 heterocycles. The zero-order valence-corrected chi connectivity index (χ0v) is 19.1. The maximum absolute atomic E-state index is 13.1. The van der Waals surface area contributed by atoms with Crippen molar-refractivity contribution in [3.8, 4) is 23.0 Å². The summed E-state index contributed by atoms with van der Waals surface area (Å²) >= 11 is 6.18. The predicted molar refractivity (Wildman–Crippen MR) is 119 cm³/mol. The summed E-state index contributed by atoms with van der Waals surface area (Å²) in [5, 5.41) is 0.412. The third-order valence-corrected chi connectivity index (χ3v) is 7.75. The minimum atomic E-state index is -3.71. The van der Waals surface area contributed by atoms with Crippen LogP contribution in [0.25, 0.3) is 6.08 Å². The molecule has 3 aliphatic rings. The van der Waals surface area contributed by atoms with Gasteiger partial charge in [-0.3, -0.25) is 4.79 Å². The van der Waals surface area contributed by atoms with Gasteiger partial charge in [0.05, 0.1) is 9.92 Å². The Balaban J connectivity index is 1.22.